The Morgan fingerprint density at radius 1 is 1.03 bits per heavy atom. The SMILES string of the molecule is [N-]=[N+]=Nc1ccc(C(=O)O)cc1NC(=O)OCC1c2ccccc2-c2ccccc21. The van der Waals surface area contributed by atoms with E-state index in [1.54, 1.807) is 0 Å². The van der Waals surface area contributed by atoms with Gasteiger partial charge in [-0.3, -0.25) is 5.32 Å². The number of ether oxygens (including phenoxy) is 1. The molecular weight excluding hydrogens is 384 g/mol. The zero-order chi connectivity index (χ0) is 21.1. The van der Waals surface area contributed by atoms with Gasteiger partial charge in [-0.2, -0.15) is 0 Å². The van der Waals surface area contributed by atoms with Crippen molar-refractivity contribution in [3.8, 4) is 11.1 Å². The summed E-state index contributed by atoms with van der Waals surface area (Å²) in [4.78, 5) is 26.3. The van der Waals surface area contributed by atoms with Gasteiger partial charge in [0, 0.05) is 10.8 Å². The van der Waals surface area contributed by atoms with Crippen LogP contribution in [0.5, 0.6) is 0 Å². The third kappa shape index (κ3) is 3.55. The molecule has 0 saturated carbocycles. The van der Waals surface area contributed by atoms with Gasteiger partial charge in [-0.15, -0.1) is 0 Å². The number of carboxylic acid groups (broad SMARTS) is 1. The first-order valence-corrected chi connectivity index (χ1v) is 9.13. The fourth-order valence-corrected chi connectivity index (χ4v) is 3.65. The predicted octanol–water partition coefficient (Wildman–Crippen LogP) is 5.69. The Morgan fingerprint density at radius 2 is 1.67 bits per heavy atom. The normalized spacial score (nSPS) is 11.7. The van der Waals surface area contributed by atoms with Gasteiger partial charge in [-0.25, -0.2) is 9.59 Å². The largest absolute Gasteiger partial charge is 0.478 e. The van der Waals surface area contributed by atoms with E-state index in [1.165, 1.54) is 18.2 Å². The monoisotopic (exact) mass is 400 g/mol. The molecule has 1 aliphatic carbocycles. The van der Waals surface area contributed by atoms with Crippen molar-refractivity contribution in [2.75, 3.05) is 11.9 Å². The second kappa shape index (κ2) is 7.98. The van der Waals surface area contributed by atoms with E-state index < -0.39 is 12.1 Å². The average molecular weight is 400 g/mol. The number of aromatic carboxylic acids is 1. The lowest BCUT2D eigenvalue weighted by molar-refractivity contribution is 0.0697. The van der Waals surface area contributed by atoms with Crippen molar-refractivity contribution in [2.45, 2.75) is 5.92 Å². The highest BCUT2D eigenvalue weighted by molar-refractivity contribution is 5.94. The van der Waals surface area contributed by atoms with Crippen molar-refractivity contribution in [3.05, 3.63) is 93.9 Å². The molecule has 1 aliphatic rings. The Balaban J connectivity index is 1.53. The Morgan fingerprint density at radius 3 is 2.27 bits per heavy atom. The Bertz CT molecular complexity index is 1160. The first-order chi connectivity index (χ1) is 14.6. The molecule has 0 fully saturated rings. The lowest BCUT2D eigenvalue weighted by atomic mass is 9.98. The summed E-state index contributed by atoms with van der Waals surface area (Å²) in [5.41, 5.74) is 13.2. The number of hydrogen-bond acceptors (Lipinski definition) is 4. The molecule has 0 heterocycles. The van der Waals surface area contributed by atoms with Gasteiger partial charge in [0.15, 0.2) is 0 Å². The molecule has 148 valence electrons. The van der Waals surface area contributed by atoms with E-state index in [9.17, 15) is 9.59 Å². The van der Waals surface area contributed by atoms with Crippen LogP contribution in [0.4, 0.5) is 16.2 Å². The van der Waals surface area contributed by atoms with E-state index in [1.807, 2.05) is 48.5 Å². The number of azide groups is 1. The molecule has 1 amide bonds. The molecular formula is C22H16N4O4. The maximum Gasteiger partial charge on any atom is 0.411 e. The van der Waals surface area contributed by atoms with Crippen LogP contribution >= 0.6 is 0 Å². The Kier molecular flexibility index (Phi) is 5.07. The van der Waals surface area contributed by atoms with Crippen LogP contribution in [0.1, 0.15) is 27.4 Å². The van der Waals surface area contributed by atoms with Crippen molar-refractivity contribution in [1.82, 2.24) is 0 Å². The van der Waals surface area contributed by atoms with Crippen LogP contribution in [0.15, 0.2) is 71.8 Å². The molecule has 3 aromatic carbocycles. The highest BCUT2D eigenvalue weighted by Gasteiger charge is 2.29. The minimum atomic E-state index is -1.17. The van der Waals surface area contributed by atoms with Gasteiger partial charge in [0.1, 0.15) is 6.61 Å². The molecule has 0 aliphatic heterocycles. The summed E-state index contributed by atoms with van der Waals surface area (Å²) in [7, 11) is 0. The molecule has 0 spiro atoms. The van der Waals surface area contributed by atoms with Crippen molar-refractivity contribution < 1.29 is 19.4 Å². The number of rotatable bonds is 5. The lowest BCUT2D eigenvalue weighted by Gasteiger charge is -2.15. The van der Waals surface area contributed by atoms with Gasteiger partial charge in [0.2, 0.25) is 0 Å². The molecule has 30 heavy (non-hydrogen) atoms. The van der Waals surface area contributed by atoms with Crippen LogP contribution < -0.4 is 5.32 Å². The molecule has 2 N–H and O–H groups in total. The number of nitrogens with one attached hydrogen (secondary N) is 1. The van der Waals surface area contributed by atoms with Crippen LogP contribution in [0.25, 0.3) is 21.6 Å². The maximum atomic E-state index is 12.4. The zero-order valence-electron chi connectivity index (χ0n) is 15.6. The number of fused-ring (bicyclic) bond motifs is 3. The highest BCUT2D eigenvalue weighted by atomic mass is 16.5. The van der Waals surface area contributed by atoms with Gasteiger partial charge in [0.05, 0.1) is 16.9 Å². The summed E-state index contributed by atoms with van der Waals surface area (Å²) in [6.07, 6.45) is -0.770. The van der Waals surface area contributed by atoms with Gasteiger partial charge in [-0.1, -0.05) is 53.6 Å². The summed E-state index contributed by atoms with van der Waals surface area (Å²) >= 11 is 0. The minimum Gasteiger partial charge on any atom is -0.478 e. The molecule has 0 saturated heterocycles. The second-order valence-electron chi connectivity index (χ2n) is 6.68. The van der Waals surface area contributed by atoms with Crippen LogP contribution in [-0.2, 0) is 4.74 Å². The molecule has 0 unspecified atom stereocenters. The minimum absolute atomic E-state index is 0.0548. The molecule has 0 atom stereocenters. The Labute approximate surface area is 171 Å². The van der Waals surface area contributed by atoms with Crippen LogP contribution in [0, 0.1) is 0 Å². The predicted molar refractivity (Wildman–Crippen MR) is 111 cm³/mol. The van der Waals surface area contributed by atoms with E-state index in [0.29, 0.717) is 0 Å². The van der Waals surface area contributed by atoms with Crippen LogP contribution in [-0.4, -0.2) is 23.8 Å². The molecule has 3 aromatic rings. The number of hydrogen-bond donors (Lipinski definition) is 2. The quantitative estimate of drug-likeness (QED) is 0.324. The van der Waals surface area contributed by atoms with E-state index >= 15 is 0 Å². The number of carbonyl (C=O) groups is 2. The number of anilines is 1. The molecule has 0 aromatic heterocycles. The van der Waals surface area contributed by atoms with Gasteiger partial charge >= 0.3 is 12.1 Å². The van der Waals surface area contributed by atoms with Crippen molar-refractivity contribution in [3.63, 3.8) is 0 Å². The van der Waals surface area contributed by atoms with E-state index in [0.717, 1.165) is 22.3 Å². The first kappa shape index (κ1) is 19.0. The number of carbonyl (C=O) groups excluding carboxylic acids is 1. The van der Waals surface area contributed by atoms with E-state index in [2.05, 4.69) is 15.3 Å². The Hall–Kier alpha value is -4.29. The summed E-state index contributed by atoms with van der Waals surface area (Å²) in [6, 6.07) is 19.8. The summed E-state index contributed by atoms with van der Waals surface area (Å²) in [6.45, 7) is 0.106. The maximum absolute atomic E-state index is 12.4. The second-order valence-corrected chi connectivity index (χ2v) is 6.68. The highest BCUT2D eigenvalue weighted by Crippen LogP contribution is 2.44. The molecule has 8 nitrogen and oxygen atoms in total. The van der Waals surface area contributed by atoms with Crippen molar-refractivity contribution in [2.24, 2.45) is 5.11 Å². The summed E-state index contributed by atoms with van der Waals surface area (Å²) in [5, 5.41) is 15.1. The van der Waals surface area contributed by atoms with Gasteiger partial charge < -0.3 is 9.84 Å². The third-order valence-corrected chi connectivity index (χ3v) is 4.98. The average Bonchev–Trinajstić information content (AvgIpc) is 3.07. The smallest absolute Gasteiger partial charge is 0.411 e. The molecule has 8 heteroatoms. The molecule has 0 radical (unpaired) electrons. The van der Waals surface area contributed by atoms with Crippen molar-refractivity contribution in [1.29, 1.82) is 0 Å². The standard InChI is InChI=1S/C22H16N4O4/c23-26-25-19-10-9-13(21(27)28)11-20(19)24-22(29)30-12-18-16-7-3-1-5-14(16)15-6-2-4-8-17(15)18/h1-11,18H,12H2,(H,24,29)(H,27,28). The van der Waals surface area contributed by atoms with Crippen LogP contribution in [0.2, 0.25) is 0 Å². The summed E-state index contributed by atoms with van der Waals surface area (Å²) < 4.78 is 5.44. The number of amides is 1. The first-order valence-electron chi connectivity index (χ1n) is 9.13. The van der Waals surface area contributed by atoms with Gasteiger partial charge in [-0.05, 0) is 46.0 Å². The van der Waals surface area contributed by atoms with Crippen LogP contribution in [0.3, 0.4) is 0 Å². The molecule has 4 rings (SSSR count). The van der Waals surface area contributed by atoms with Crippen molar-refractivity contribution >= 4 is 23.4 Å². The number of benzene rings is 3. The topological polar surface area (TPSA) is 124 Å². The molecule has 0 bridgehead atoms. The van der Waals surface area contributed by atoms with Gasteiger partial charge in [0.25, 0.3) is 0 Å². The van der Waals surface area contributed by atoms with E-state index in [4.69, 9.17) is 15.4 Å². The fourth-order valence-electron chi connectivity index (χ4n) is 3.65. The van der Waals surface area contributed by atoms with E-state index in [-0.39, 0.29) is 29.5 Å². The lowest BCUT2D eigenvalue weighted by Crippen LogP contribution is -2.18. The third-order valence-electron chi connectivity index (χ3n) is 4.98. The fraction of sp³-hybridized carbons (Fsp3) is 0.0909. The number of carboxylic acids is 1. The zero-order valence-corrected chi connectivity index (χ0v) is 15.6. The number of nitrogens with zero attached hydrogens (tertiary/aromatic N) is 3. The summed E-state index contributed by atoms with van der Waals surface area (Å²) in [5.74, 6) is -1.27.